The number of rotatable bonds is 4. The summed E-state index contributed by atoms with van der Waals surface area (Å²) < 4.78 is 137. The number of hydrogen-bond acceptors (Lipinski definition) is 0. The summed E-state index contributed by atoms with van der Waals surface area (Å²) in [5.74, 6) is -24.5. The molecule has 2 rings (SSSR count). The Morgan fingerprint density at radius 3 is 1.04 bits per heavy atom. The van der Waals surface area contributed by atoms with Crippen molar-refractivity contribution in [3.8, 4) is 0 Å². The third kappa shape index (κ3) is 3.49. The van der Waals surface area contributed by atoms with E-state index in [4.69, 9.17) is 0 Å². The van der Waals surface area contributed by atoms with Crippen LogP contribution in [0.25, 0.3) is 0 Å². The van der Waals surface area contributed by atoms with Crippen molar-refractivity contribution in [1.29, 1.82) is 0 Å². The lowest BCUT2D eigenvalue weighted by Gasteiger charge is -2.18. The first-order chi connectivity index (χ1) is 12.9. The molecule has 0 aliphatic rings. The van der Waals surface area contributed by atoms with Crippen LogP contribution in [0.4, 0.5) is 43.9 Å². The third-order valence-electron chi connectivity index (χ3n) is 3.95. The van der Waals surface area contributed by atoms with E-state index >= 15 is 0 Å². The Bertz CT molecular complexity index is 851. The SMILES string of the molecule is CC(C)=CCB(c1c(F)c(F)c(F)c(F)c1F)c1c(F)c(F)c(F)c(F)c1F. The molecule has 0 heterocycles. The molecule has 0 nitrogen and oxygen atoms in total. The molecule has 0 aliphatic carbocycles. The lowest BCUT2D eigenvalue weighted by molar-refractivity contribution is 0.382. The molecule has 0 aliphatic heterocycles. The number of benzene rings is 2. The lowest BCUT2D eigenvalue weighted by Crippen LogP contribution is -2.50. The van der Waals surface area contributed by atoms with Gasteiger partial charge in [0.1, 0.15) is 0 Å². The maximum absolute atomic E-state index is 14.2. The van der Waals surface area contributed by atoms with Gasteiger partial charge in [0.05, 0.1) is 0 Å². The van der Waals surface area contributed by atoms with E-state index < -0.39 is 82.1 Å². The maximum atomic E-state index is 14.2. The van der Waals surface area contributed by atoms with Gasteiger partial charge in [0.2, 0.25) is 6.71 Å². The fourth-order valence-electron chi connectivity index (χ4n) is 2.59. The van der Waals surface area contributed by atoms with E-state index in [-0.39, 0.29) is 0 Å². The van der Waals surface area contributed by atoms with Crippen molar-refractivity contribution in [3.05, 3.63) is 69.8 Å². The van der Waals surface area contributed by atoms with Gasteiger partial charge in [0.15, 0.2) is 58.2 Å². The Balaban J connectivity index is 2.95. The van der Waals surface area contributed by atoms with E-state index in [0.29, 0.717) is 5.57 Å². The van der Waals surface area contributed by atoms with E-state index in [1.54, 1.807) is 0 Å². The monoisotopic (exact) mass is 414 g/mol. The summed E-state index contributed by atoms with van der Waals surface area (Å²) in [6, 6.07) is 0. The second-order valence-electron chi connectivity index (χ2n) is 6.04. The van der Waals surface area contributed by atoms with Gasteiger partial charge in [-0.15, -0.1) is 0 Å². The molecule has 0 unspecified atom stereocenters. The molecule has 28 heavy (non-hydrogen) atoms. The molecule has 0 saturated carbocycles. The Kier molecular flexibility index (Phi) is 6.15. The van der Waals surface area contributed by atoms with Crippen molar-refractivity contribution < 1.29 is 43.9 Å². The summed E-state index contributed by atoms with van der Waals surface area (Å²) in [6.45, 7) is 0.464. The highest BCUT2D eigenvalue weighted by molar-refractivity contribution is 6.85. The molecule has 0 fully saturated rings. The Hall–Kier alpha value is -2.46. The van der Waals surface area contributed by atoms with Crippen LogP contribution in [0.5, 0.6) is 0 Å². The van der Waals surface area contributed by atoms with Crippen molar-refractivity contribution in [2.24, 2.45) is 0 Å². The highest BCUT2D eigenvalue weighted by Gasteiger charge is 2.38. The zero-order chi connectivity index (χ0) is 21.5. The number of halogens is 10. The molecular formula is C17H9BF10. The molecule has 2 aromatic carbocycles. The summed E-state index contributed by atoms with van der Waals surface area (Å²) >= 11 is 0. The molecule has 0 N–H and O–H groups in total. The summed E-state index contributed by atoms with van der Waals surface area (Å²) in [6.07, 6.45) is 0.278. The molecule has 0 aromatic heterocycles. The second-order valence-corrected chi connectivity index (χ2v) is 6.04. The van der Waals surface area contributed by atoms with Gasteiger partial charge in [-0.1, -0.05) is 11.6 Å². The highest BCUT2D eigenvalue weighted by atomic mass is 19.2. The smallest absolute Gasteiger partial charge is 0.204 e. The minimum Gasteiger partial charge on any atom is -0.204 e. The van der Waals surface area contributed by atoms with Crippen molar-refractivity contribution in [2.45, 2.75) is 20.2 Å². The summed E-state index contributed by atoms with van der Waals surface area (Å²) in [5, 5.41) is 0. The lowest BCUT2D eigenvalue weighted by atomic mass is 9.38. The van der Waals surface area contributed by atoms with Crippen LogP contribution in [0.2, 0.25) is 6.32 Å². The van der Waals surface area contributed by atoms with Gasteiger partial charge in [0, 0.05) is 10.9 Å². The Labute approximate surface area is 152 Å². The van der Waals surface area contributed by atoms with E-state index in [1.807, 2.05) is 0 Å². The zero-order valence-electron chi connectivity index (χ0n) is 14.1. The van der Waals surface area contributed by atoms with E-state index in [2.05, 4.69) is 0 Å². The molecular weight excluding hydrogens is 405 g/mol. The topological polar surface area (TPSA) is 0 Å². The van der Waals surface area contributed by atoms with Gasteiger partial charge in [0.25, 0.3) is 0 Å². The fourth-order valence-corrected chi connectivity index (χ4v) is 2.59. The largest absolute Gasteiger partial charge is 0.229 e. The van der Waals surface area contributed by atoms with Crippen molar-refractivity contribution in [2.75, 3.05) is 0 Å². The van der Waals surface area contributed by atoms with E-state index in [9.17, 15) is 43.9 Å². The predicted molar refractivity (Wildman–Crippen MR) is 81.7 cm³/mol. The standard InChI is InChI=1S/C17H9BF10/c1-5(2)3-4-18(6-8(19)12(23)16(27)13(24)9(6)20)7-10(21)14(25)17(28)15(26)11(7)22/h3H,4H2,1-2H3. The summed E-state index contributed by atoms with van der Waals surface area (Å²) in [4.78, 5) is 0. The third-order valence-corrected chi connectivity index (χ3v) is 3.95. The van der Waals surface area contributed by atoms with Gasteiger partial charge < -0.3 is 0 Å². The highest BCUT2D eigenvalue weighted by Crippen LogP contribution is 2.22. The quantitative estimate of drug-likeness (QED) is 0.225. The molecule has 150 valence electrons. The van der Waals surface area contributed by atoms with Crippen LogP contribution < -0.4 is 10.9 Å². The summed E-state index contributed by atoms with van der Waals surface area (Å²) in [7, 11) is 0. The van der Waals surface area contributed by atoms with E-state index in [1.165, 1.54) is 13.8 Å². The van der Waals surface area contributed by atoms with Crippen molar-refractivity contribution >= 4 is 17.6 Å². The molecule has 11 heteroatoms. The van der Waals surface area contributed by atoms with Crippen molar-refractivity contribution in [3.63, 3.8) is 0 Å². The minimum atomic E-state index is -2.53. The van der Waals surface area contributed by atoms with Gasteiger partial charge in [-0.2, -0.15) is 0 Å². The number of hydrogen-bond donors (Lipinski definition) is 0. The number of allylic oxidation sites excluding steroid dienone is 2. The van der Waals surface area contributed by atoms with Crippen LogP contribution in [0, 0.1) is 58.2 Å². The van der Waals surface area contributed by atoms with Crippen LogP contribution in [-0.2, 0) is 0 Å². The first kappa shape index (κ1) is 21.8. The second kappa shape index (κ2) is 7.88. The van der Waals surface area contributed by atoms with Gasteiger partial charge in [-0.05, 0) is 20.2 Å². The average Bonchev–Trinajstić information content (AvgIpc) is 2.65. The summed E-state index contributed by atoms with van der Waals surface area (Å²) in [5.41, 5.74) is -3.04. The van der Waals surface area contributed by atoms with Crippen LogP contribution in [0.3, 0.4) is 0 Å². The molecule has 0 amide bonds. The fraction of sp³-hybridized carbons (Fsp3) is 0.176. The van der Waals surface area contributed by atoms with Crippen LogP contribution in [0.15, 0.2) is 11.6 Å². The van der Waals surface area contributed by atoms with Crippen LogP contribution in [-0.4, -0.2) is 6.71 Å². The molecule has 0 spiro atoms. The molecule has 0 radical (unpaired) electrons. The van der Waals surface area contributed by atoms with Crippen molar-refractivity contribution in [1.82, 2.24) is 0 Å². The van der Waals surface area contributed by atoms with Gasteiger partial charge in [-0.3, -0.25) is 0 Å². The predicted octanol–water partition coefficient (Wildman–Crippen LogP) is 4.65. The van der Waals surface area contributed by atoms with Crippen LogP contribution >= 0.6 is 0 Å². The van der Waals surface area contributed by atoms with Crippen LogP contribution in [0.1, 0.15) is 13.8 Å². The molecule has 0 saturated heterocycles. The van der Waals surface area contributed by atoms with E-state index in [0.717, 1.165) is 6.08 Å². The zero-order valence-corrected chi connectivity index (χ0v) is 14.1. The minimum absolute atomic E-state index is 0.387. The Morgan fingerprint density at radius 1 is 0.536 bits per heavy atom. The average molecular weight is 414 g/mol. The first-order valence-corrected chi connectivity index (χ1v) is 7.57. The van der Waals surface area contributed by atoms with Gasteiger partial charge in [-0.25, -0.2) is 43.9 Å². The first-order valence-electron chi connectivity index (χ1n) is 7.57. The molecule has 2 aromatic rings. The normalized spacial score (nSPS) is 11.0. The maximum Gasteiger partial charge on any atom is 0.229 e. The Morgan fingerprint density at radius 2 is 0.786 bits per heavy atom. The molecule has 0 bridgehead atoms. The van der Waals surface area contributed by atoms with Gasteiger partial charge >= 0.3 is 0 Å². The molecule has 0 atom stereocenters.